The van der Waals surface area contributed by atoms with Crippen LogP contribution in [0.1, 0.15) is 30.3 Å². The van der Waals surface area contributed by atoms with Crippen molar-refractivity contribution in [3.8, 4) is 16.3 Å². The standard InChI is InChI=1S/C22H27N3O5S/c1-4-30-22(28)16-6-5-11-25(12-16)19(26)13-24(2)21(27)18-14-31-20(23-18)15-7-9-17(29-3)10-8-15/h7-10,14,16H,4-6,11-13H2,1-3H3. The van der Waals surface area contributed by atoms with Gasteiger partial charge in [0, 0.05) is 31.1 Å². The van der Waals surface area contributed by atoms with Crippen LogP contribution in [-0.2, 0) is 14.3 Å². The maximum Gasteiger partial charge on any atom is 0.310 e. The van der Waals surface area contributed by atoms with Gasteiger partial charge >= 0.3 is 5.97 Å². The highest BCUT2D eigenvalue weighted by molar-refractivity contribution is 7.13. The third-order valence-corrected chi connectivity index (χ3v) is 6.06. The molecule has 1 aliphatic rings. The Morgan fingerprint density at radius 1 is 1.26 bits per heavy atom. The van der Waals surface area contributed by atoms with Gasteiger partial charge in [0.05, 0.1) is 26.2 Å². The molecular weight excluding hydrogens is 418 g/mol. The molecule has 0 bridgehead atoms. The second-order valence-corrected chi connectivity index (χ2v) is 8.22. The molecule has 8 nitrogen and oxygen atoms in total. The van der Waals surface area contributed by atoms with E-state index in [1.54, 1.807) is 31.4 Å². The molecule has 1 saturated heterocycles. The van der Waals surface area contributed by atoms with E-state index in [0.29, 0.717) is 31.8 Å². The lowest BCUT2D eigenvalue weighted by Gasteiger charge is -2.32. The van der Waals surface area contributed by atoms with Crippen LogP contribution in [0.3, 0.4) is 0 Å². The Labute approximate surface area is 185 Å². The Kier molecular flexibility index (Phi) is 7.62. The minimum absolute atomic E-state index is 0.0657. The highest BCUT2D eigenvalue weighted by atomic mass is 32.1. The first-order chi connectivity index (χ1) is 14.9. The Hall–Kier alpha value is -2.94. The summed E-state index contributed by atoms with van der Waals surface area (Å²) in [5.41, 5.74) is 1.19. The summed E-state index contributed by atoms with van der Waals surface area (Å²) in [6, 6.07) is 7.45. The largest absolute Gasteiger partial charge is 0.497 e. The highest BCUT2D eigenvalue weighted by Crippen LogP contribution is 2.26. The zero-order valence-corrected chi connectivity index (χ0v) is 18.8. The maximum absolute atomic E-state index is 12.8. The van der Waals surface area contributed by atoms with Gasteiger partial charge in [0.15, 0.2) is 0 Å². The number of likely N-dealkylation sites (tertiary alicyclic amines) is 1. The van der Waals surface area contributed by atoms with E-state index in [-0.39, 0.29) is 30.2 Å². The van der Waals surface area contributed by atoms with E-state index < -0.39 is 0 Å². The van der Waals surface area contributed by atoms with Gasteiger partial charge in [-0.2, -0.15) is 0 Å². The number of benzene rings is 1. The first-order valence-electron chi connectivity index (χ1n) is 10.2. The van der Waals surface area contributed by atoms with E-state index in [1.807, 2.05) is 24.3 Å². The molecule has 1 atom stereocenters. The molecule has 1 fully saturated rings. The second-order valence-electron chi connectivity index (χ2n) is 7.36. The van der Waals surface area contributed by atoms with Crippen LogP contribution in [0.15, 0.2) is 29.6 Å². The van der Waals surface area contributed by atoms with E-state index in [9.17, 15) is 14.4 Å². The number of carbonyl (C=O) groups excluding carboxylic acids is 3. The lowest BCUT2D eigenvalue weighted by molar-refractivity contribution is -0.151. The van der Waals surface area contributed by atoms with Gasteiger partial charge in [0.1, 0.15) is 16.5 Å². The molecule has 1 aromatic carbocycles. The molecule has 0 aliphatic carbocycles. The first kappa shape index (κ1) is 22.7. The molecule has 2 heterocycles. The van der Waals surface area contributed by atoms with Crippen molar-refractivity contribution < 1.29 is 23.9 Å². The van der Waals surface area contributed by atoms with Crippen LogP contribution >= 0.6 is 11.3 Å². The maximum atomic E-state index is 12.8. The van der Waals surface area contributed by atoms with Gasteiger partial charge in [-0.3, -0.25) is 14.4 Å². The molecule has 2 amide bonds. The summed E-state index contributed by atoms with van der Waals surface area (Å²) in [6.45, 7) is 2.94. The smallest absolute Gasteiger partial charge is 0.310 e. The third-order valence-electron chi connectivity index (χ3n) is 5.17. The van der Waals surface area contributed by atoms with Crippen molar-refractivity contribution >= 4 is 29.1 Å². The topological polar surface area (TPSA) is 89.0 Å². The number of rotatable bonds is 7. The molecule has 0 radical (unpaired) electrons. The summed E-state index contributed by atoms with van der Waals surface area (Å²) in [5.74, 6) is -0.321. The quantitative estimate of drug-likeness (QED) is 0.609. The van der Waals surface area contributed by atoms with E-state index in [4.69, 9.17) is 9.47 Å². The van der Waals surface area contributed by atoms with Crippen molar-refractivity contribution in [1.82, 2.24) is 14.8 Å². The number of amides is 2. The number of piperidine rings is 1. The normalized spacial score (nSPS) is 16.0. The fraction of sp³-hybridized carbons (Fsp3) is 0.455. The number of hydrogen-bond acceptors (Lipinski definition) is 7. The van der Waals surface area contributed by atoms with Crippen molar-refractivity contribution in [3.63, 3.8) is 0 Å². The summed E-state index contributed by atoms with van der Waals surface area (Å²) in [4.78, 5) is 44.9. The first-order valence-corrected chi connectivity index (χ1v) is 11.1. The van der Waals surface area contributed by atoms with Gasteiger partial charge in [0.2, 0.25) is 5.91 Å². The minimum Gasteiger partial charge on any atom is -0.497 e. The van der Waals surface area contributed by atoms with Crippen molar-refractivity contribution in [3.05, 3.63) is 35.3 Å². The summed E-state index contributed by atoms with van der Waals surface area (Å²) in [7, 11) is 3.19. The van der Waals surface area contributed by atoms with Gasteiger partial charge in [-0.15, -0.1) is 11.3 Å². The number of nitrogens with zero attached hydrogens (tertiary/aromatic N) is 3. The van der Waals surface area contributed by atoms with E-state index in [2.05, 4.69) is 4.98 Å². The van der Waals surface area contributed by atoms with Crippen molar-refractivity contribution in [1.29, 1.82) is 0 Å². The lowest BCUT2D eigenvalue weighted by atomic mass is 9.98. The minimum atomic E-state index is -0.316. The monoisotopic (exact) mass is 445 g/mol. The average molecular weight is 446 g/mol. The van der Waals surface area contributed by atoms with E-state index in [0.717, 1.165) is 22.7 Å². The Morgan fingerprint density at radius 3 is 2.68 bits per heavy atom. The molecule has 3 rings (SSSR count). The van der Waals surface area contributed by atoms with Crippen LogP contribution in [0.4, 0.5) is 0 Å². The molecule has 1 unspecified atom stereocenters. The van der Waals surface area contributed by atoms with Crippen LogP contribution in [0, 0.1) is 5.92 Å². The molecule has 2 aromatic rings. The van der Waals surface area contributed by atoms with Crippen LogP contribution in [0.2, 0.25) is 0 Å². The number of carbonyl (C=O) groups is 3. The van der Waals surface area contributed by atoms with Crippen molar-refractivity contribution in [2.75, 3.05) is 40.4 Å². The fourth-order valence-corrected chi connectivity index (χ4v) is 4.26. The molecule has 1 aliphatic heterocycles. The van der Waals surface area contributed by atoms with Gasteiger partial charge in [0.25, 0.3) is 5.91 Å². The molecular formula is C22H27N3O5S. The van der Waals surface area contributed by atoms with Crippen LogP contribution in [-0.4, -0.2) is 73.0 Å². The zero-order chi connectivity index (χ0) is 22.4. The fourth-order valence-electron chi connectivity index (χ4n) is 3.46. The molecule has 0 spiro atoms. The average Bonchev–Trinajstić information content (AvgIpc) is 3.29. The third kappa shape index (κ3) is 5.61. The van der Waals surface area contributed by atoms with Crippen molar-refractivity contribution in [2.45, 2.75) is 19.8 Å². The predicted molar refractivity (Wildman–Crippen MR) is 117 cm³/mol. The number of thiazole rings is 1. The van der Waals surface area contributed by atoms with Crippen molar-refractivity contribution in [2.24, 2.45) is 5.92 Å². The molecule has 1 aromatic heterocycles. The van der Waals surface area contributed by atoms with Gasteiger partial charge in [-0.05, 0) is 44.0 Å². The summed E-state index contributed by atoms with van der Waals surface area (Å²) in [5, 5.41) is 2.42. The van der Waals surface area contributed by atoms with E-state index >= 15 is 0 Å². The van der Waals surface area contributed by atoms with Gasteiger partial charge in [-0.1, -0.05) is 0 Å². The lowest BCUT2D eigenvalue weighted by Crippen LogP contribution is -2.47. The molecule has 0 N–H and O–H groups in total. The summed E-state index contributed by atoms with van der Waals surface area (Å²) < 4.78 is 10.2. The Balaban J connectivity index is 1.59. The summed E-state index contributed by atoms with van der Waals surface area (Å²) in [6.07, 6.45) is 1.45. The highest BCUT2D eigenvalue weighted by Gasteiger charge is 2.30. The van der Waals surface area contributed by atoms with E-state index in [1.165, 1.54) is 16.2 Å². The number of methoxy groups -OCH3 is 1. The summed E-state index contributed by atoms with van der Waals surface area (Å²) >= 11 is 1.37. The van der Waals surface area contributed by atoms with Crippen LogP contribution in [0.25, 0.3) is 10.6 Å². The Morgan fingerprint density at radius 2 is 2.00 bits per heavy atom. The van der Waals surface area contributed by atoms with Gasteiger partial charge in [-0.25, -0.2) is 4.98 Å². The molecule has 0 saturated carbocycles. The van der Waals surface area contributed by atoms with Crippen LogP contribution in [0.5, 0.6) is 5.75 Å². The van der Waals surface area contributed by atoms with Gasteiger partial charge < -0.3 is 19.3 Å². The number of esters is 1. The molecule has 166 valence electrons. The number of hydrogen-bond donors (Lipinski definition) is 0. The molecule has 9 heteroatoms. The number of aromatic nitrogens is 1. The Bertz CT molecular complexity index is 927. The predicted octanol–water partition coefficient (Wildman–Crippen LogP) is 2.69. The number of ether oxygens (including phenoxy) is 2. The number of likely N-dealkylation sites (N-methyl/N-ethyl adjacent to an activating group) is 1. The molecule has 31 heavy (non-hydrogen) atoms. The SMILES string of the molecule is CCOC(=O)C1CCCN(C(=O)CN(C)C(=O)c2csc(-c3ccc(OC)cc3)n2)C1. The second kappa shape index (κ2) is 10.4. The zero-order valence-electron chi connectivity index (χ0n) is 18.0. The van der Waals surface area contributed by atoms with Crippen LogP contribution < -0.4 is 4.74 Å².